The third-order valence-corrected chi connectivity index (χ3v) is 5.60. The summed E-state index contributed by atoms with van der Waals surface area (Å²) in [5.74, 6) is 1.11. The molecule has 1 heterocycles. The van der Waals surface area contributed by atoms with Crippen molar-refractivity contribution in [1.29, 1.82) is 0 Å². The lowest BCUT2D eigenvalue weighted by molar-refractivity contribution is 0.355. The van der Waals surface area contributed by atoms with E-state index in [1.165, 1.54) is 13.3 Å². The fourth-order valence-electron chi connectivity index (χ4n) is 2.70. The molecule has 0 saturated carbocycles. The third-order valence-electron chi connectivity index (χ3n) is 4.13. The lowest BCUT2D eigenvalue weighted by atomic mass is 10.1. The van der Waals surface area contributed by atoms with Crippen LogP contribution in [0.5, 0.6) is 11.5 Å². The number of hydrogen-bond acceptors (Lipinski definition) is 6. The van der Waals surface area contributed by atoms with E-state index in [1.54, 1.807) is 44.4 Å². The minimum Gasteiger partial charge on any atom is -0.493 e. The van der Waals surface area contributed by atoms with Gasteiger partial charge in [-0.1, -0.05) is 23.4 Å². The first-order valence-corrected chi connectivity index (χ1v) is 9.61. The van der Waals surface area contributed by atoms with Gasteiger partial charge in [0.25, 0.3) is 10.0 Å². The minimum absolute atomic E-state index is 0.0307. The molecule has 0 spiro atoms. The lowest BCUT2D eigenvalue weighted by Gasteiger charge is -2.11. The number of hydrogen-bond donors (Lipinski definition) is 1. The van der Waals surface area contributed by atoms with Crippen molar-refractivity contribution in [3.8, 4) is 22.6 Å². The molecular weight excluding hydrogens is 368 g/mol. The highest BCUT2D eigenvalue weighted by Gasteiger charge is 2.22. The lowest BCUT2D eigenvalue weighted by Crippen LogP contribution is -2.14. The van der Waals surface area contributed by atoms with Crippen LogP contribution in [0.15, 0.2) is 52.0 Å². The number of sulfonamides is 1. The largest absolute Gasteiger partial charge is 0.493 e. The maximum Gasteiger partial charge on any atom is 0.264 e. The van der Waals surface area contributed by atoms with E-state index in [4.69, 9.17) is 14.0 Å². The maximum atomic E-state index is 12.8. The summed E-state index contributed by atoms with van der Waals surface area (Å²) in [6, 6.07) is 10.5. The quantitative estimate of drug-likeness (QED) is 0.691. The highest BCUT2D eigenvalue weighted by atomic mass is 32.2. The zero-order chi connectivity index (χ0) is 19.6. The van der Waals surface area contributed by atoms with Crippen LogP contribution in [-0.2, 0) is 10.0 Å². The average molecular weight is 388 g/mol. The molecule has 0 radical (unpaired) electrons. The smallest absolute Gasteiger partial charge is 0.264 e. The van der Waals surface area contributed by atoms with Crippen molar-refractivity contribution in [2.24, 2.45) is 0 Å². The van der Waals surface area contributed by atoms with Gasteiger partial charge in [-0.05, 0) is 48.7 Å². The first kappa shape index (κ1) is 18.8. The number of nitrogens with zero attached hydrogens (tertiary/aromatic N) is 1. The Kier molecular flexibility index (Phi) is 5.09. The first-order chi connectivity index (χ1) is 12.9. The highest BCUT2D eigenvalue weighted by Crippen LogP contribution is 2.36. The Bertz CT molecular complexity index is 1070. The second-order valence-electron chi connectivity index (χ2n) is 6.01. The van der Waals surface area contributed by atoms with Crippen LogP contribution >= 0.6 is 0 Å². The van der Waals surface area contributed by atoms with Crippen LogP contribution in [0.2, 0.25) is 0 Å². The number of ether oxygens (including phenoxy) is 2. The van der Waals surface area contributed by atoms with Crippen molar-refractivity contribution in [3.05, 3.63) is 53.7 Å². The van der Waals surface area contributed by atoms with Gasteiger partial charge in [0, 0.05) is 0 Å². The van der Waals surface area contributed by atoms with Gasteiger partial charge in [-0.25, -0.2) is 13.1 Å². The second kappa shape index (κ2) is 7.32. The van der Waals surface area contributed by atoms with E-state index >= 15 is 0 Å². The molecule has 7 nitrogen and oxygen atoms in total. The summed E-state index contributed by atoms with van der Waals surface area (Å²) in [6.45, 7) is 3.58. The molecule has 0 fully saturated rings. The van der Waals surface area contributed by atoms with Gasteiger partial charge in [0.1, 0.15) is 0 Å². The normalized spacial score (nSPS) is 11.3. The number of nitrogens with one attached hydrogen (secondary N) is 1. The number of anilines is 1. The molecule has 1 N–H and O–H groups in total. The Morgan fingerprint density at radius 2 is 1.74 bits per heavy atom. The van der Waals surface area contributed by atoms with Crippen LogP contribution in [0.3, 0.4) is 0 Å². The number of rotatable bonds is 6. The summed E-state index contributed by atoms with van der Waals surface area (Å²) in [5, 5.41) is 3.74. The maximum absolute atomic E-state index is 12.8. The summed E-state index contributed by atoms with van der Waals surface area (Å²) in [6.07, 6.45) is 1.45. The summed E-state index contributed by atoms with van der Waals surface area (Å²) in [4.78, 5) is 0.192. The number of aromatic nitrogens is 1. The van der Waals surface area contributed by atoms with Crippen LogP contribution < -0.4 is 14.2 Å². The van der Waals surface area contributed by atoms with E-state index in [1.807, 2.05) is 13.0 Å². The first-order valence-electron chi connectivity index (χ1n) is 8.13. The molecule has 27 heavy (non-hydrogen) atoms. The van der Waals surface area contributed by atoms with Crippen LogP contribution in [0.25, 0.3) is 11.1 Å². The molecule has 3 rings (SSSR count). The molecule has 142 valence electrons. The number of methoxy groups -OCH3 is 2. The molecule has 0 bridgehead atoms. The monoisotopic (exact) mass is 388 g/mol. The molecule has 2 aromatic carbocycles. The highest BCUT2D eigenvalue weighted by molar-refractivity contribution is 7.92. The van der Waals surface area contributed by atoms with Gasteiger partial charge in [-0.3, -0.25) is 0 Å². The average Bonchev–Trinajstić information content (AvgIpc) is 3.10. The SMILES string of the molecule is COc1ccc(-c2cnoc2NS(=O)(=O)c2cc(C)ccc2C)cc1OC. The molecule has 8 heteroatoms. The second-order valence-corrected chi connectivity index (χ2v) is 7.66. The van der Waals surface area contributed by atoms with E-state index < -0.39 is 10.0 Å². The van der Waals surface area contributed by atoms with Crippen LogP contribution in [0, 0.1) is 13.8 Å². The standard InChI is InChI=1S/C19H20N2O5S/c1-12-5-6-13(2)18(9-12)27(22,23)21-19-15(11-20-26-19)14-7-8-16(24-3)17(10-14)25-4/h5-11,21H,1-4H3. The van der Waals surface area contributed by atoms with Gasteiger partial charge in [0.05, 0.1) is 30.9 Å². The molecule has 0 aliphatic rings. The topological polar surface area (TPSA) is 90.7 Å². The van der Waals surface area contributed by atoms with E-state index in [9.17, 15) is 8.42 Å². The zero-order valence-corrected chi connectivity index (χ0v) is 16.3. The summed E-state index contributed by atoms with van der Waals surface area (Å²) < 4.78 is 43.8. The van der Waals surface area contributed by atoms with Gasteiger partial charge in [-0.15, -0.1) is 0 Å². The number of benzene rings is 2. The fraction of sp³-hybridized carbons (Fsp3) is 0.211. The Morgan fingerprint density at radius 3 is 2.44 bits per heavy atom. The molecular formula is C19H20N2O5S. The van der Waals surface area contributed by atoms with E-state index in [-0.39, 0.29) is 10.8 Å². The summed E-state index contributed by atoms with van der Waals surface area (Å²) >= 11 is 0. The van der Waals surface area contributed by atoms with Crippen molar-refractivity contribution in [2.75, 3.05) is 18.9 Å². The summed E-state index contributed by atoms with van der Waals surface area (Å²) in [7, 11) is -0.766. The van der Waals surface area contributed by atoms with Crippen LogP contribution in [0.1, 0.15) is 11.1 Å². The molecule has 0 aliphatic carbocycles. The predicted molar refractivity (Wildman–Crippen MR) is 102 cm³/mol. The Balaban J connectivity index is 2.00. The predicted octanol–water partition coefficient (Wildman–Crippen LogP) is 3.78. The van der Waals surface area contributed by atoms with Gasteiger partial charge in [0.15, 0.2) is 11.5 Å². The molecule has 0 saturated heterocycles. The molecule has 0 amide bonds. The molecule has 0 unspecified atom stereocenters. The Hall–Kier alpha value is -3.00. The van der Waals surface area contributed by atoms with E-state index in [2.05, 4.69) is 9.88 Å². The van der Waals surface area contributed by atoms with Crippen LogP contribution in [-0.4, -0.2) is 27.8 Å². The van der Waals surface area contributed by atoms with Crippen molar-refractivity contribution < 1.29 is 22.4 Å². The van der Waals surface area contributed by atoms with E-state index in [0.717, 1.165) is 5.56 Å². The van der Waals surface area contributed by atoms with E-state index in [0.29, 0.717) is 28.2 Å². The van der Waals surface area contributed by atoms with Crippen LogP contribution in [0.4, 0.5) is 5.88 Å². The van der Waals surface area contributed by atoms with Crippen molar-refractivity contribution >= 4 is 15.9 Å². The van der Waals surface area contributed by atoms with Crippen molar-refractivity contribution in [2.45, 2.75) is 18.7 Å². The molecule has 0 aliphatic heterocycles. The van der Waals surface area contributed by atoms with Gasteiger partial charge in [-0.2, -0.15) is 0 Å². The van der Waals surface area contributed by atoms with Crippen molar-refractivity contribution in [1.82, 2.24) is 5.16 Å². The fourth-order valence-corrected chi connectivity index (χ4v) is 4.03. The van der Waals surface area contributed by atoms with Gasteiger partial charge < -0.3 is 14.0 Å². The van der Waals surface area contributed by atoms with Crippen molar-refractivity contribution in [3.63, 3.8) is 0 Å². The Morgan fingerprint density at radius 1 is 1.00 bits per heavy atom. The minimum atomic E-state index is -3.84. The molecule has 1 aromatic heterocycles. The zero-order valence-electron chi connectivity index (χ0n) is 15.4. The molecule has 0 atom stereocenters. The summed E-state index contributed by atoms with van der Waals surface area (Å²) in [5.41, 5.74) is 2.65. The third kappa shape index (κ3) is 3.75. The molecule has 3 aromatic rings. The number of aryl methyl sites for hydroxylation is 2. The Labute approximate surface area is 158 Å². The van der Waals surface area contributed by atoms with Gasteiger partial charge in [0.2, 0.25) is 5.88 Å². The van der Waals surface area contributed by atoms with Gasteiger partial charge >= 0.3 is 0 Å².